The number of nitrogens with two attached hydrogens (primary N) is 1. The molecule has 1 aromatic carbocycles. The van der Waals surface area contributed by atoms with E-state index in [1.165, 1.54) is 29.7 Å². The van der Waals surface area contributed by atoms with E-state index in [9.17, 15) is 14.4 Å². The summed E-state index contributed by atoms with van der Waals surface area (Å²) in [6.45, 7) is 1.18. The van der Waals surface area contributed by atoms with Gasteiger partial charge in [0.25, 0.3) is 0 Å². The number of carbonyl (C=O) groups is 3. The first-order valence-corrected chi connectivity index (χ1v) is 12.1. The quantitative estimate of drug-likeness (QED) is 0.625. The topological polar surface area (TPSA) is 99.0 Å². The van der Waals surface area contributed by atoms with Crippen LogP contribution in [0.5, 0.6) is 0 Å². The van der Waals surface area contributed by atoms with Crippen molar-refractivity contribution in [1.29, 1.82) is 0 Å². The maximum absolute atomic E-state index is 13.5. The molecule has 33 heavy (non-hydrogen) atoms. The highest BCUT2D eigenvalue weighted by Gasteiger charge is 2.54. The highest BCUT2D eigenvalue weighted by Crippen LogP contribution is 2.47. The van der Waals surface area contributed by atoms with E-state index < -0.39 is 5.91 Å². The molecular formula is C25H37N5O3. The summed E-state index contributed by atoms with van der Waals surface area (Å²) in [5.74, 6) is -0.255. The second-order valence-corrected chi connectivity index (χ2v) is 10.2. The van der Waals surface area contributed by atoms with Crippen molar-refractivity contribution < 1.29 is 14.4 Å². The molecular weight excluding hydrogens is 418 g/mol. The highest BCUT2D eigenvalue weighted by atomic mass is 16.2. The number of benzene rings is 1. The Labute approximate surface area is 196 Å². The molecule has 0 bridgehead atoms. The molecule has 2 aliphatic carbocycles. The lowest BCUT2D eigenvalue weighted by Gasteiger charge is -2.49. The molecule has 0 radical (unpaired) electrons. The largest absolute Gasteiger partial charge is 0.368 e. The van der Waals surface area contributed by atoms with Gasteiger partial charge in [-0.2, -0.15) is 0 Å². The van der Waals surface area contributed by atoms with Gasteiger partial charge in [-0.3, -0.25) is 9.59 Å². The minimum Gasteiger partial charge on any atom is -0.368 e. The lowest BCUT2D eigenvalue weighted by Crippen LogP contribution is -2.56. The lowest BCUT2D eigenvalue weighted by molar-refractivity contribution is -0.134. The normalized spacial score (nSPS) is 27.6. The molecule has 1 saturated heterocycles. The molecule has 1 aliphatic heterocycles. The van der Waals surface area contributed by atoms with Gasteiger partial charge in [0.05, 0.1) is 12.1 Å². The second kappa shape index (κ2) is 9.33. The molecule has 3 aliphatic rings. The number of nitrogens with one attached hydrogen (secondary N) is 1. The zero-order chi connectivity index (χ0) is 23.6. The van der Waals surface area contributed by atoms with Crippen molar-refractivity contribution in [2.24, 2.45) is 11.7 Å². The molecule has 1 heterocycles. The number of likely N-dealkylation sites (N-methyl/N-ethyl adjacent to an activating group) is 1. The second-order valence-electron chi connectivity index (χ2n) is 10.2. The van der Waals surface area contributed by atoms with E-state index >= 15 is 0 Å². The Morgan fingerprint density at radius 3 is 2.36 bits per heavy atom. The number of carbonyl (C=O) groups excluding carboxylic acids is 3. The van der Waals surface area contributed by atoms with Gasteiger partial charge in [0, 0.05) is 25.7 Å². The van der Waals surface area contributed by atoms with E-state index in [1.54, 1.807) is 11.9 Å². The minimum absolute atomic E-state index is 0.0125. The molecule has 3 N–H and O–H groups in total. The average Bonchev–Trinajstić information content (AvgIpc) is 3.02. The molecule has 8 nitrogen and oxygen atoms in total. The van der Waals surface area contributed by atoms with Gasteiger partial charge in [0.1, 0.15) is 6.54 Å². The van der Waals surface area contributed by atoms with Crippen LogP contribution in [0.25, 0.3) is 0 Å². The Balaban J connectivity index is 1.52. The van der Waals surface area contributed by atoms with Crippen molar-refractivity contribution in [2.75, 3.05) is 40.3 Å². The summed E-state index contributed by atoms with van der Waals surface area (Å²) in [6.07, 6.45) is 7.23. The van der Waals surface area contributed by atoms with Crippen molar-refractivity contribution in [3.63, 3.8) is 0 Å². The average molecular weight is 456 g/mol. The molecule has 3 fully saturated rings. The molecule has 0 atom stereocenters. The van der Waals surface area contributed by atoms with E-state index in [1.807, 2.05) is 13.1 Å². The van der Waals surface area contributed by atoms with Gasteiger partial charge >= 0.3 is 6.03 Å². The number of hydrogen-bond acceptors (Lipinski definition) is 4. The SMILES string of the molecule is CN[C@]1(c2ccccc2)CC[C@@]2(CC1)CN(CC(=O)N(C)CC(N)=O)C(=O)N2CC1CCC1. The van der Waals surface area contributed by atoms with Crippen molar-refractivity contribution in [3.8, 4) is 0 Å². The van der Waals surface area contributed by atoms with Gasteiger partial charge in [-0.15, -0.1) is 0 Å². The third-order valence-corrected chi connectivity index (χ3v) is 8.21. The Morgan fingerprint density at radius 1 is 1.15 bits per heavy atom. The van der Waals surface area contributed by atoms with Gasteiger partial charge in [-0.25, -0.2) is 4.79 Å². The van der Waals surface area contributed by atoms with Crippen LogP contribution in [-0.4, -0.2) is 78.4 Å². The van der Waals surface area contributed by atoms with Crippen molar-refractivity contribution in [3.05, 3.63) is 35.9 Å². The van der Waals surface area contributed by atoms with Crippen LogP contribution in [0, 0.1) is 5.92 Å². The maximum atomic E-state index is 13.5. The first-order valence-electron chi connectivity index (χ1n) is 12.1. The van der Waals surface area contributed by atoms with Gasteiger partial charge in [-0.05, 0) is 57.1 Å². The molecule has 1 aromatic rings. The van der Waals surface area contributed by atoms with Crippen molar-refractivity contribution in [2.45, 2.75) is 56.0 Å². The fourth-order valence-electron chi connectivity index (χ4n) is 5.83. The zero-order valence-electron chi connectivity index (χ0n) is 19.9. The molecule has 4 rings (SSSR count). The fourth-order valence-corrected chi connectivity index (χ4v) is 5.83. The van der Waals surface area contributed by atoms with Crippen LogP contribution < -0.4 is 11.1 Å². The molecule has 0 unspecified atom stereocenters. The Hall–Kier alpha value is -2.61. The molecule has 0 aromatic heterocycles. The summed E-state index contributed by atoms with van der Waals surface area (Å²) >= 11 is 0. The zero-order valence-corrected chi connectivity index (χ0v) is 19.9. The summed E-state index contributed by atoms with van der Waals surface area (Å²) in [4.78, 5) is 42.5. The predicted molar refractivity (Wildman–Crippen MR) is 126 cm³/mol. The summed E-state index contributed by atoms with van der Waals surface area (Å²) in [6, 6.07) is 10.5. The minimum atomic E-state index is -0.557. The number of nitrogens with zero attached hydrogens (tertiary/aromatic N) is 3. The summed E-state index contributed by atoms with van der Waals surface area (Å²) < 4.78 is 0. The van der Waals surface area contributed by atoms with Crippen LogP contribution in [0.3, 0.4) is 0 Å². The Bertz CT molecular complexity index is 877. The first kappa shape index (κ1) is 23.5. The molecule has 1 spiro atoms. The molecule has 8 heteroatoms. The van der Waals surface area contributed by atoms with Crippen LogP contribution >= 0.6 is 0 Å². The van der Waals surface area contributed by atoms with Crippen LogP contribution in [0.4, 0.5) is 4.79 Å². The maximum Gasteiger partial charge on any atom is 0.321 e. The van der Waals surface area contributed by atoms with Crippen LogP contribution in [0.15, 0.2) is 30.3 Å². The Kier molecular flexibility index (Phi) is 6.66. The number of primary amides is 1. The monoisotopic (exact) mass is 455 g/mol. The summed E-state index contributed by atoms with van der Waals surface area (Å²) in [7, 11) is 3.58. The number of hydrogen-bond donors (Lipinski definition) is 2. The first-order chi connectivity index (χ1) is 15.8. The van der Waals surface area contributed by atoms with Gasteiger partial charge in [0.2, 0.25) is 11.8 Å². The Morgan fingerprint density at radius 2 is 1.82 bits per heavy atom. The molecule has 2 saturated carbocycles. The number of urea groups is 1. The molecule has 4 amide bonds. The van der Waals surface area contributed by atoms with Crippen LogP contribution in [0.2, 0.25) is 0 Å². The van der Waals surface area contributed by atoms with E-state index in [2.05, 4.69) is 34.5 Å². The van der Waals surface area contributed by atoms with E-state index in [0.717, 1.165) is 32.2 Å². The van der Waals surface area contributed by atoms with E-state index in [0.29, 0.717) is 12.5 Å². The van der Waals surface area contributed by atoms with Crippen molar-refractivity contribution in [1.82, 2.24) is 20.0 Å². The fraction of sp³-hybridized carbons (Fsp3) is 0.640. The smallest absolute Gasteiger partial charge is 0.321 e. The van der Waals surface area contributed by atoms with Crippen LogP contribution in [0.1, 0.15) is 50.5 Å². The van der Waals surface area contributed by atoms with E-state index in [4.69, 9.17) is 5.73 Å². The number of amides is 4. The van der Waals surface area contributed by atoms with Gasteiger partial charge in [-0.1, -0.05) is 36.8 Å². The lowest BCUT2D eigenvalue weighted by atomic mass is 9.68. The summed E-state index contributed by atoms with van der Waals surface area (Å²) in [5, 5.41) is 3.58. The van der Waals surface area contributed by atoms with Crippen LogP contribution in [-0.2, 0) is 15.1 Å². The highest BCUT2D eigenvalue weighted by molar-refractivity contribution is 5.88. The third-order valence-electron chi connectivity index (χ3n) is 8.21. The standard InChI is InChI=1S/C25H37N5O3/c1-27-25(20-9-4-3-5-10-20)13-11-24(12-14-25)18-29(17-22(32)28(2)16-21(26)31)23(33)30(24)15-19-7-6-8-19/h3-5,9-10,19,27H,6-8,11-18H2,1-2H3,(H2,26,31)/t24-,25-. The van der Waals surface area contributed by atoms with Gasteiger partial charge < -0.3 is 25.8 Å². The van der Waals surface area contributed by atoms with Crippen molar-refractivity contribution >= 4 is 17.8 Å². The van der Waals surface area contributed by atoms with Gasteiger partial charge in [0.15, 0.2) is 0 Å². The summed E-state index contributed by atoms with van der Waals surface area (Å²) in [5.41, 5.74) is 6.18. The third kappa shape index (κ3) is 4.58. The number of rotatable bonds is 8. The molecule has 180 valence electrons. The van der Waals surface area contributed by atoms with E-state index in [-0.39, 0.29) is 36.1 Å². The predicted octanol–water partition coefficient (Wildman–Crippen LogP) is 1.90.